The van der Waals surface area contributed by atoms with Crippen molar-refractivity contribution in [1.82, 2.24) is 5.43 Å². The van der Waals surface area contributed by atoms with Crippen LogP contribution in [0.2, 0.25) is 10.0 Å². The highest BCUT2D eigenvalue weighted by Gasteiger charge is 2.16. The normalized spacial score (nSPS) is 11.0. The van der Waals surface area contributed by atoms with Crippen molar-refractivity contribution in [2.75, 3.05) is 6.61 Å². The summed E-state index contributed by atoms with van der Waals surface area (Å²) in [5.74, 6) is -0.205. The fraction of sp³-hybridized carbons (Fsp3) is 0.167. The lowest BCUT2D eigenvalue weighted by Gasteiger charge is -2.11. The number of hydrogen-bond acceptors (Lipinski definition) is 5. The van der Waals surface area contributed by atoms with Crippen molar-refractivity contribution in [3.8, 4) is 11.5 Å². The highest BCUT2D eigenvalue weighted by molar-refractivity contribution is 6.36. The summed E-state index contributed by atoms with van der Waals surface area (Å²) in [5, 5.41) is 6.38. The number of nitrogens with zero attached hydrogens (tertiary/aromatic N) is 1. The molecule has 0 aliphatic heterocycles. The number of nitrogens with one attached hydrogen (secondary N) is 1. The van der Waals surface area contributed by atoms with Crippen molar-refractivity contribution in [2.45, 2.75) is 26.2 Å². The van der Waals surface area contributed by atoms with Crippen molar-refractivity contribution in [3.63, 3.8) is 0 Å². The summed E-state index contributed by atoms with van der Waals surface area (Å²) in [4.78, 5) is 25.2. The number of aryl methyl sites for hydroxylation is 1. The molecule has 0 heterocycles. The Morgan fingerprint density at radius 1 is 0.974 bits per heavy atom. The number of ether oxygens (including phenoxy) is 2. The molecule has 8 heteroatoms. The van der Waals surface area contributed by atoms with Gasteiger partial charge in [0.25, 0.3) is 5.91 Å². The van der Waals surface area contributed by atoms with Gasteiger partial charge in [-0.25, -0.2) is 10.2 Å². The van der Waals surface area contributed by atoms with Crippen molar-refractivity contribution >= 4 is 52.1 Å². The molecule has 0 saturated heterocycles. The maximum atomic E-state index is 12.8. The van der Waals surface area contributed by atoms with Gasteiger partial charge in [0.15, 0.2) is 6.61 Å². The van der Waals surface area contributed by atoms with Gasteiger partial charge >= 0.3 is 5.97 Å². The van der Waals surface area contributed by atoms with Gasteiger partial charge in [-0.15, -0.1) is 0 Å². The van der Waals surface area contributed by atoms with Gasteiger partial charge in [-0.1, -0.05) is 79.0 Å². The van der Waals surface area contributed by atoms with E-state index in [0.29, 0.717) is 16.3 Å². The van der Waals surface area contributed by atoms with Crippen LogP contribution in [0.4, 0.5) is 0 Å². The van der Waals surface area contributed by atoms with Crippen molar-refractivity contribution in [3.05, 3.63) is 106 Å². The molecule has 0 aromatic heterocycles. The van der Waals surface area contributed by atoms with Crippen LogP contribution in [0.3, 0.4) is 0 Å². The molecular weight excluding hydrogens is 523 g/mol. The van der Waals surface area contributed by atoms with Gasteiger partial charge in [0.1, 0.15) is 11.5 Å². The predicted octanol–water partition coefficient (Wildman–Crippen LogP) is 7.24. The molecule has 0 aliphatic rings. The maximum Gasteiger partial charge on any atom is 0.345 e. The summed E-state index contributed by atoms with van der Waals surface area (Å²) < 4.78 is 11.2. The number of amides is 1. The Bertz CT molecular complexity index is 1470. The van der Waals surface area contributed by atoms with E-state index in [0.717, 1.165) is 30.0 Å². The SMILES string of the molecule is CCCCc1ccc(OCC(=O)N/N=C\c2c(OC(=O)c3ccc(Cl)cc3Cl)ccc3ccccc23)cc1. The van der Waals surface area contributed by atoms with Crippen LogP contribution in [0.1, 0.15) is 41.3 Å². The Labute approximate surface area is 231 Å². The highest BCUT2D eigenvalue weighted by atomic mass is 35.5. The lowest BCUT2D eigenvalue weighted by atomic mass is 10.0. The number of esters is 1. The molecule has 0 aliphatic carbocycles. The number of hydrogen-bond donors (Lipinski definition) is 1. The third-order valence-corrected chi connectivity index (χ3v) is 6.33. The third kappa shape index (κ3) is 7.12. The molecule has 38 heavy (non-hydrogen) atoms. The van der Waals surface area contributed by atoms with E-state index in [9.17, 15) is 9.59 Å². The van der Waals surface area contributed by atoms with Crippen LogP contribution >= 0.6 is 23.2 Å². The van der Waals surface area contributed by atoms with Crippen LogP contribution in [0, 0.1) is 0 Å². The number of carbonyl (C=O) groups is 2. The van der Waals surface area contributed by atoms with E-state index in [1.54, 1.807) is 12.1 Å². The molecule has 4 aromatic carbocycles. The molecule has 0 unspecified atom stereocenters. The number of hydrazone groups is 1. The first-order chi connectivity index (χ1) is 18.4. The molecule has 0 saturated carbocycles. The summed E-state index contributed by atoms with van der Waals surface area (Å²) in [6.07, 6.45) is 4.73. The van der Waals surface area contributed by atoms with Crippen molar-refractivity contribution < 1.29 is 19.1 Å². The molecule has 6 nitrogen and oxygen atoms in total. The van der Waals surface area contributed by atoms with E-state index in [1.807, 2.05) is 54.6 Å². The van der Waals surface area contributed by atoms with Gasteiger partial charge in [0, 0.05) is 10.6 Å². The lowest BCUT2D eigenvalue weighted by molar-refractivity contribution is -0.123. The second kappa shape index (κ2) is 13.1. The van der Waals surface area contributed by atoms with E-state index in [2.05, 4.69) is 17.5 Å². The number of fused-ring (bicyclic) bond motifs is 1. The number of unbranched alkanes of at least 4 members (excludes halogenated alkanes) is 1. The molecule has 0 atom stereocenters. The maximum absolute atomic E-state index is 12.8. The lowest BCUT2D eigenvalue weighted by Crippen LogP contribution is -2.24. The number of halogens is 2. The zero-order chi connectivity index (χ0) is 26.9. The first kappa shape index (κ1) is 27.2. The van der Waals surface area contributed by atoms with Crippen LogP contribution in [0.5, 0.6) is 11.5 Å². The van der Waals surface area contributed by atoms with E-state index in [4.69, 9.17) is 32.7 Å². The van der Waals surface area contributed by atoms with E-state index in [-0.39, 0.29) is 22.9 Å². The zero-order valence-corrected chi connectivity index (χ0v) is 22.3. The Hall–Kier alpha value is -3.87. The second-order valence-electron chi connectivity index (χ2n) is 8.54. The van der Waals surface area contributed by atoms with E-state index in [1.165, 1.54) is 23.9 Å². The summed E-state index contributed by atoms with van der Waals surface area (Å²) in [5.41, 5.74) is 4.39. The monoisotopic (exact) mass is 548 g/mol. The quantitative estimate of drug-likeness (QED) is 0.0980. The Kier molecular flexibility index (Phi) is 9.35. The van der Waals surface area contributed by atoms with Crippen LogP contribution in [0.25, 0.3) is 10.8 Å². The average Bonchev–Trinajstić information content (AvgIpc) is 2.92. The van der Waals surface area contributed by atoms with Gasteiger partial charge in [0.2, 0.25) is 0 Å². The van der Waals surface area contributed by atoms with Crippen molar-refractivity contribution in [2.24, 2.45) is 5.10 Å². The van der Waals surface area contributed by atoms with Crippen LogP contribution in [0.15, 0.2) is 84.0 Å². The Morgan fingerprint density at radius 3 is 2.53 bits per heavy atom. The molecule has 0 spiro atoms. The first-order valence-corrected chi connectivity index (χ1v) is 12.9. The summed E-state index contributed by atoms with van der Waals surface area (Å²) >= 11 is 12.1. The van der Waals surface area contributed by atoms with Gasteiger partial charge in [-0.05, 0) is 65.6 Å². The summed E-state index contributed by atoms with van der Waals surface area (Å²) in [6, 6.07) is 23.3. The van der Waals surface area contributed by atoms with Gasteiger partial charge in [-0.2, -0.15) is 5.10 Å². The largest absolute Gasteiger partial charge is 0.484 e. The second-order valence-corrected chi connectivity index (χ2v) is 9.39. The van der Waals surface area contributed by atoms with Crippen molar-refractivity contribution in [1.29, 1.82) is 0 Å². The van der Waals surface area contributed by atoms with Gasteiger partial charge in [0.05, 0.1) is 16.8 Å². The average molecular weight is 549 g/mol. The fourth-order valence-corrected chi connectivity index (χ4v) is 4.28. The molecular formula is C30H26Cl2N2O4. The summed E-state index contributed by atoms with van der Waals surface area (Å²) in [6.45, 7) is 1.96. The van der Waals surface area contributed by atoms with Crippen LogP contribution in [-0.4, -0.2) is 24.7 Å². The van der Waals surface area contributed by atoms with E-state index < -0.39 is 11.9 Å². The number of rotatable bonds is 10. The minimum atomic E-state index is -0.644. The topological polar surface area (TPSA) is 77.0 Å². The molecule has 4 rings (SSSR count). The molecule has 1 amide bonds. The molecule has 1 N–H and O–H groups in total. The third-order valence-electron chi connectivity index (χ3n) is 5.78. The number of carbonyl (C=O) groups excluding carboxylic acids is 2. The van der Waals surface area contributed by atoms with Crippen LogP contribution in [-0.2, 0) is 11.2 Å². The molecule has 0 fully saturated rings. The van der Waals surface area contributed by atoms with Gasteiger partial charge in [-0.3, -0.25) is 4.79 Å². The fourth-order valence-electron chi connectivity index (χ4n) is 3.79. The highest BCUT2D eigenvalue weighted by Crippen LogP contribution is 2.29. The minimum absolute atomic E-state index is 0.177. The van der Waals surface area contributed by atoms with E-state index >= 15 is 0 Å². The van der Waals surface area contributed by atoms with Crippen LogP contribution < -0.4 is 14.9 Å². The molecule has 0 bridgehead atoms. The Morgan fingerprint density at radius 2 is 1.76 bits per heavy atom. The molecule has 4 aromatic rings. The van der Waals surface area contributed by atoms with Gasteiger partial charge < -0.3 is 9.47 Å². The summed E-state index contributed by atoms with van der Waals surface area (Å²) in [7, 11) is 0. The number of benzene rings is 4. The Balaban J connectivity index is 1.45. The zero-order valence-electron chi connectivity index (χ0n) is 20.7. The molecule has 0 radical (unpaired) electrons. The molecule has 194 valence electrons. The smallest absolute Gasteiger partial charge is 0.345 e. The first-order valence-electron chi connectivity index (χ1n) is 12.2. The predicted molar refractivity (Wildman–Crippen MR) is 152 cm³/mol. The standard InChI is InChI=1S/C30H26Cl2N2O4/c1-2-3-6-20-9-13-23(14-10-20)37-19-29(35)34-33-18-26-24-8-5-4-7-21(24)11-16-28(26)38-30(36)25-15-12-22(31)17-27(25)32/h4-5,7-18H,2-3,6,19H2,1H3,(H,34,35)/b33-18-. The minimum Gasteiger partial charge on any atom is -0.484 e.